The number of aliphatic hydroxyl groups excluding tert-OH is 1. The maximum absolute atomic E-state index is 7.57. The van der Waals surface area contributed by atoms with Crippen LogP contribution < -0.4 is 0 Å². The maximum atomic E-state index is 7.57. The molecule has 0 aliphatic carbocycles. The zero-order chi connectivity index (χ0) is 8.53. The first-order valence-corrected chi connectivity index (χ1v) is 3.94. The summed E-state index contributed by atoms with van der Waals surface area (Å²) in [4.78, 5) is 0. The summed E-state index contributed by atoms with van der Waals surface area (Å²) in [6.45, 7) is 7.98. The third kappa shape index (κ3) is 23.0. The predicted octanol–water partition coefficient (Wildman–Crippen LogP) is 1.52. The summed E-state index contributed by atoms with van der Waals surface area (Å²) in [6, 6.07) is 0. The summed E-state index contributed by atoms with van der Waals surface area (Å²) in [5.74, 6) is 0. The van der Waals surface area contributed by atoms with Gasteiger partial charge in [-0.1, -0.05) is 0 Å². The number of aliphatic hydroxyl groups is 1. The van der Waals surface area contributed by atoms with Crippen molar-refractivity contribution in [1.82, 2.24) is 0 Å². The third-order valence-corrected chi connectivity index (χ3v) is 0.995. The van der Waals surface area contributed by atoms with Crippen LogP contribution in [0.5, 0.6) is 0 Å². The second-order valence-corrected chi connectivity index (χ2v) is 2.20. The van der Waals surface area contributed by atoms with E-state index in [2.05, 4.69) is 6.92 Å². The molecule has 0 bridgehead atoms. The van der Waals surface area contributed by atoms with Crippen LogP contribution in [0.25, 0.3) is 0 Å². The molecule has 0 aromatic heterocycles. The Kier molecular flexibility index (Phi) is 33.4. The Hall–Kier alpha value is 0.763. The van der Waals surface area contributed by atoms with E-state index in [4.69, 9.17) is 14.6 Å². The van der Waals surface area contributed by atoms with Crippen molar-refractivity contribution in [3.05, 3.63) is 21.8 Å². The summed E-state index contributed by atoms with van der Waals surface area (Å²) in [6.07, 6.45) is 1.26. The maximum Gasteiger partial charge on any atom is 3.00 e. The first kappa shape index (κ1) is 24.1. The van der Waals surface area contributed by atoms with Crippen LogP contribution in [0.15, 0.2) is 0 Å². The standard InChI is InChI=1S/C6H11O2.C2H6O.2CH3.Zr/c1-2-3-7-4-6-5-8-6;1-2-3;;;/h6H,1-5H2;3H,2H2,1H3;2*1H3;/q-1;;2*-1;+3. The molecule has 0 aromatic rings. The van der Waals surface area contributed by atoms with Gasteiger partial charge >= 0.3 is 26.2 Å². The van der Waals surface area contributed by atoms with Crippen molar-refractivity contribution < 1.29 is 40.8 Å². The van der Waals surface area contributed by atoms with E-state index in [1.165, 1.54) is 0 Å². The monoisotopic (exact) mass is 281 g/mol. The van der Waals surface area contributed by atoms with Gasteiger partial charge in [-0.2, -0.15) is 6.42 Å². The van der Waals surface area contributed by atoms with Crippen LogP contribution in [0.1, 0.15) is 13.3 Å². The molecule has 1 rings (SSSR count). The minimum absolute atomic E-state index is 0. The molecule has 1 saturated heterocycles. The number of hydrogen-bond acceptors (Lipinski definition) is 3. The molecule has 85 valence electrons. The Bertz CT molecular complexity index is 77.8. The van der Waals surface area contributed by atoms with Gasteiger partial charge in [0.05, 0.1) is 13.2 Å². The van der Waals surface area contributed by atoms with E-state index in [0.717, 1.165) is 26.2 Å². The van der Waals surface area contributed by atoms with Crippen LogP contribution in [0.3, 0.4) is 0 Å². The zero-order valence-corrected chi connectivity index (χ0v) is 12.0. The average molecular weight is 283 g/mol. The van der Waals surface area contributed by atoms with Gasteiger partial charge in [0.25, 0.3) is 0 Å². The van der Waals surface area contributed by atoms with Crippen LogP contribution in [-0.2, 0) is 35.7 Å². The molecule has 1 atom stereocenters. The van der Waals surface area contributed by atoms with Crippen molar-refractivity contribution in [2.75, 3.05) is 26.4 Å². The molecule has 1 aliphatic heterocycles. The van der Waals surface area contributed by atoms with E-state index in [-0.39, 0.29) is 47.7 Å². The summed E-state index contributed by atoms with van der Waals surface area (Å²) >= 11 is 0. The molecule has 1 fully saturated rings. The molecular formula is C10H23O3Zr. The van der Waals surface area contributed by atoms with Gasteiger partial charge in [-0.05, 0) is 6.92 Å². The van der Waals surface area contributed by atoms with Gasteiger partial charge in [-0.25, -0.2) is 0 Å². The second-order valence-electron chi connectivity index (χ2n) is 2.20. The largest absolute Gasteiger partial charge is 3.00 e. The van der Waals surface area contributed by atoms with Crippen molar-refractivity contribution in [1.29, 1.82) is 0 Å². The van der Waals surface area contributed by atoms with E-state index >= 15 is 0 Å². The molecular weight excluding hydrogens is 259 g/mol. The quantitative estimate of drug-likeness (QED) is 0.483. The fourth-order valence-electron chi connectivity index (χ4n) is 0.481. The van der Waals surface area contributed by atoms with Crippen LogP contribution in [0.2, 0.25) is 0 Å². The van der Waals surface area contributed by atoms with Crippen molar-refractivity contribution in [2.24, 2.45) is 0 Å². The molecule has 1 N–H and O–H groups in total. The number of rotatable bonds is 4. The van der Waals surface area contributed by atoms with Gasteiger partial charge in [0.15, 0.2) is 0 Å². The summed E-state index contributed by atoms with van der Waals surface area (Å²) in [5.41, 5.74) is 0. The Morgan fingerprint density at radius 3 is 2.21 bits per heavy atom. The van der Waals surface area contributed by atoms with Crippen LogP contribution in [0.4, 0.5) is 0 Å². The smallest absolute Gasteiger partial charge is 0.397 e. The molecule has 4 heteroatoms. The SMILES string of the molecule is CCO.[CH2-]CCOCC1CO1.[CH3-].[CH3-].[Zr+3]. The van der Waals surface area contributed by atoms with Gasteiger partial charge in [-0.3, -0.25) is 0 Å². The van der Waals surface area contributed by atoms with Crippen molar-refractivity contribution in [3.8, 4) is 0 Å². The van der Waals surface area contributed by atoms with E-state index in [1.54, 1.807) is 6.92 Å². The van der Waals surface area contributed by atoms with E-state index < -0.39 is 0 Å². The average Bonchev–Trinajstić information content (AvgIpc) is 2.74. The molecule has 3 nitrogen and oxygen atoms in total. The Morgan fingerprint density at radius 2 is 1.93 bits per heavy atom. The zero-order valence-electron chi connectivity index (χ0n) is 9.58. The number of ether oxygens (including phenoxy) is 2. The summed E-state index contributed by atoms with van der Waals surface area (Å²) in [5, 5.41) is 7.57. The predicted molar refractivity (Wildman–Crippen MR) is 56.1 cm³/mol. The molecule has 0 amide bonds. The Balaban J connectivity index is -0.0000000758. The van der Waals surface area contributed by atoms with E-state index in [0.29, 0.717) is 6.10 Å². The molecule has 0 spiro atoms. The number of epoxide rings is 1. The normalized spacial score (nSPS) is 16.1. The molecule has 1 radical (unpaired) electrons. The van der Waals surface area contributed by atoms with Crippen molar-refractivity contribution in [3.63, 3.8) is 0 Å². The summed E-state index contributed by atoms with van der Waals surface area (Å²) in [7, 11) is 0. The first-order valence-electron chi connectivity index (χ1n) is 3.94. The topological polar surface area (TPSA) is 42.0 Å². The van der Waals surface area contributed by atoms with Crippen molar-refractivity contribution in [2.45, 2.75) is 19.4 Å². The van der Waals surface area contributed by atoms with Crippen LogP contribution >= 0.6 is 0 Å². The first-order chi connectivity index (χ1) is 5.35. The van der Waals surface area contributed by atoms with Crippen molar-refractivity contribution >= 4 is 0 Å². The minimum atomic E-state index is 0. The van der Waals surface area contributed by atoms with Crippen LogP contribution in [-0.4, -0.2) is 37.6 Å². The van der Waals surface area contributed by atoms with Gasteiger partial charge < -0.3 is 36.4 Å². The molecule has 0 saturated carbocycles. The van der Waals surface area contributed by atoms with E-state index in [9.17, 15) is 0 Å². The number of hydrogen-bond donors (Lipinski definition) is 1. The molecule has 1 heterocycles. The summed E-state index contributed by atoms with van der Waals surface area (Å²) < 4.78 is 10.0. The van der Waals surface area contributed by atoms with Gasteiger partial charge in [0, 0.05) is 13.2 Å². The van der Waals surface area contributed by atoms with Crippen LogP contribution in [0, 0.1) is 21.8 Å². The molecule has 0 aromatic carbocycles. The Labute approximate surface area is 108 Å². The van der Waals surface area contributed by atoms with Gasteiger partial charge in [0.1, 0.15) is 6.10 Å². The molecule has 1 unspecified atom stereocenters. The second kappa shape index (κ2) is 19.4. The molecule has 1 aliphatic rings. The van der Waals surface area contributed by atoms with E-state index in [1.807, 2.05) is 0 Å². The fraction of sp³-hybridized carbons (Fsp3) is 0.700. The third-order valence-electron chi connectivity index (χ3n) is 0.995. The molecule has 14 heavy (non-hydrogen) atoms. The fourth-order valence-corrected chi connectivity index (χ4v) is 0.481. The van der Waals surface area contributed by atoms with Gasteiger partial charge in [-0.15, -0.1) is 0 Å². The Morgan fingerprint density at radius 1 is 1.50 bits per heavy atom. The minimum Gasteiger partial charge on any atom is -0.397 e. The van der Waals surface area contributed by atoms with Gasteiger partial charge in [0.2, 0.25) is 0 Å².